The highest BCUT2D eigenvalue weighted by atomic mass is 32.1. The van der Waals surface area contributed by atoms with Crippen LogP contribution >= 0.6 is 11.3 Å². The molecule has 2 rings (SSSR count). The van der Waals surface area contributed by atoms with Crippen LogP contribution in [0.2, 0.25) is 0 Å². The summed E-state index contributed by atoms with van der Waals surface area (Å²) in [5, 5.41) is 7.96. The number of thiophene rings is 1. The molecule has 0 unspecified atom stereocenters. The molecular formula is C14H15FN2OS. The molecule has 3 nitrogen and oxygen atoms in total. The van der Waals surface area contributed by atoms with Crippen molar-refractivity contribution in [3.05, 3.63) is 45.9 Å². The smallest absolute Gasteiger partial charge is 0.221 e. The fraction of sp³-hybridized carbons (Fsp3) is 0.214. The van der Waals surface area contributed by atoms with E-state index in [1.165, 1.54) is 19.1 Å². The van der Waals surface area contributed by atoms with Gasteiger partial charge in [-0.1, -0.05) is 0 Å². The summed E-state index contributed by atoms with van der Waals surface area (Å²) < 4.78 is 13.0. The lowest BCUT2D eigenvalue weighted by Gasteiger charge is -2.10. The SMILES string of the molecule is CC(=O)Nc1ccsc1CNc1ccc(F)cc1C. The minimum atomic E-state index is -0.238. The molecule has 0 aliphatic carbocycles. The van der Waals surface area contributed by atoms with Gasteiger partial charge in [0.25, 0.3) is 0 Å². The first kappa shape index (κ1) is 13.5. The maximum atomic E-state index is 13.0. The second-order valence-electron chi connectivity index (χ2n) is 4.25. The summed E-state index contributed by atoms with van der Waals surface area (Å²) in [4.78, 5) is 12.1. The zero-order valence-electron chi connectivity index (χ0n) is 10.8. The first-order valence-corrected chi connectivity index (χ1v) is 6.78. The van der Waals surface area contributed by atoms with Crippen molar-refractivity contribution >= 4 is 28.6 Å². The second-order valence-corrected chi connectivity index (χ2v) is 5.25. The number of hydrogen-bond acceptors (Lipinski definition) is 3. The molecule has 1 amide bonds. The van der Waals surface area contributed by atoms with E-state index in [0.717, 1.165) is 21.8 Å². The van der Waals surface area contributed by atoms with Crippen LogP contribution < -0.4 is 10.6 Å². The van der Waals surface area contributed by atoms with E-state index < -0.39 is 0 Å². The third-order valence-electron chi connectivity index (χ3n) is 2.68. The van der Waals surface area contributed by atoms with Crippen LogP contribution in [0.1, 0.15) is 17.4 Å². The molecule has 1 aromatic carbocycles. The van der Waals surface area contributed by atoms with Gasteiger partial charge in [-0.15, -0.1) is 11.3 Å². The topological polar surface area (TPSA) is 41.1 Å². The number of rotatable bonds is 4. The normalized spacial score (nSPS) is 10.3. The summed E-state index contributed by atoms with van der Waals surface area (Å²) in [5.41, 5.74) is 2.57. The Morgan fingerprint density at radius 2 is 2.11 bits per heavy atom. The first-order valence-electron chi connectivity index (χ1n) is 5.90. The molecule has 0 atom stereocenters. The van der Waals surface area contributed by atoms with Crippen molar-refractivity contribution in [1.29, 1.82) is 0 Å². The highest BCUT2D eigenvalue weighted by Crippen LogP contribution is 2.24. The van der Waals surface area contributed by atoms with E-state index >= 15 is 0 Å². The standard InChI is InChI=1S/C14H15FN2OS/c1-9-7-11(15)3-4-12(9)16-8-14-13(5-6-19-14)17-10(2)18/h3-7,16H,8H2,1-2H3,(H,17,18). The van der Waals surface area contributed by atoms with Crippen molar-refractivity contribution in [2.45, 2.75) is 20.4 Å². The molecular weight excluding hydrogens is 263 g/mol. The van der Waals surface area contributed by atoms with Gasteiger partial charge in [-0.05, 0) is 42.1 Å². The number of aryl methyl sites for hydroxylation is 1. The van der Waals surface area contributed by atoms with E-state index in [2.05, 4.69) is 10.6 Å². The lowest BCUT2D eigenvalue weighted by Crippen LogP contribution is -2.08. The Labute approximate surface area is 115 Å². The van der Waals surface area contributed by atoms with Crippen LogP contribution in [0.3, 0.4) is 0 Å². The van der Waals surface area contributed by atoms with Crippen molar-refractivity contribution in [3.63, 3.8) is 0 Å². The van der Waals surface area contributed by atoms with E-state index in [-0.39, 0.29) is 11.7 Å². The average Bonchev–Trinajstić information content (AvgIpc) is 2.74. The Hall–Kier alpha value is -1.88. The summed E-state index contributed by atoms with van der Waals surface area (Å²) in [6.45, 7) is 3.94. The summed E-state index contributed by atoms with van der Waals surface area (Å²) in [7, 11) is 0. The molecule has 100 valence electrons. The predicted octanol–water partition coefficient (Wildman–Crippen LogP) is 3.77. The van der Waals surface area contributed by atoms with Crippen LogP contribution in [0.25, 0.3) is 0 Å². The number of nitrogens with one attached hydrogen (secondary N) is 2. The molecule has 0 saturated heterocycles. The molecule has 2 aromatic rings. The van der Waals surface area contributed by atoms with Crippen molar-refractivity contribution < 1.29 is 9.18 Å². The van der Waals surface area contributed by atoms with Gasteiger partial charge in [-0.2, -0.15) is 0 Å². The van der Waals surface area contributed by atoms with E-state index in [9.17, 15) is 9.18 Å². The van der Waals surface area contributed by atoms with E-state index in [0.29, 0.717) is 6.54 Å². The molecule has 2 N–H and O–H groups in total. The van der Waals surface area contributed by atoms with Crippen LogP contribution in [0.5, 0.6) is 0 Å². The van der Waals surface area contributed by atoms with Gasteiger partial charge < -0.3 is 10.6 Å². The van der Waals surface area contributed by atoms with Crippen molar-refractivity contribution in [2.24, 2.45) is 0 Å². The molecule has 1 heterocycles. The zero-order valence-corrected chi connectivity index (χ0v) is 11.6. The van der Waals surface area contributed by atoms with Gasteiger partial charge in [-0.25, -0.2) is 4.39 Å². The minimum absolute atomic E-state index is 0.0855. The van der Waals surface area contributed by atoms with Crippen LogP contribution in [-0.4, -0.2) is 5.91 Å². The first-order chi connectivity index (χ1) is 9.06. The molecule has 0 bridgehead atoms. The molecule has 0 radical (unpaired) electrons. The number of amides is 1. The third kappa shape index (κ3) is 3.54. The molecule has 0 saturated carbocycles. The maximum absolute atomic E-state index is 13.0. The number of carbonyl (C=O) groups is 1. The fourth-order valence-corrected chi connectivity index (χ4v) is 2.55. The van der Waals surface area contributed by atoms with Gasteiger partial charge in [0.05, 0.1) is 12.2 Å². The van der Waals surface area contributed by atoms with Gasteiger partial charge >= 0.3 is 0 Å². The third-order valence-corrected chi connectivity index (χ3v) is 3.60. The summed E-state index contributed by atoms with van der Waals surface area (Å²) in [5.74, 6) is -0.323. The summed E-state index contributed by atoms with van der Waals surface area (Å²) >= 11 is 1.57. The lowest BCUT2D eigenvalue weighted by atomic mass is 10.2. The largest absolute Gasteiger partial charge is 0.380 e. The van der Waals surface area contributed by atoms with E-state index in [1.807, 2.05) is 18.4 Å². The van der Waals surface area contributed by atoms with Crippen molar-refractivity contribution in [1.82, 2.24) is 0 Å². The van der Waals surface area contributed by atoms with Gasteiger partial charge in [0.15, 0.2) is 0 Å². The molecule has 0 fully saturated rings. The zero-order chi connectivity index (χ0) is 13.8. The maximum Gasteiger partial charge on any atom is 0.221 e. The summed E-state index contributed by atoms with van der Waals surface area (Å²) in [6.07, 6.45) is 0. The fourth-order valence-electron chi connectivity index (χ4n) is 1.78. The highest BCUT2D eigenvalue weighted by molar-refractivity contribution is 7.10. The summed E-state index contributed by atoms with van der Waals surface area (Å²) in [6, 6.07) is 6.51. The van der Waals surface area contributed by atoms with Gasteiger partial charge in [0.1, 0.15) is 5.82 Å². The van der Waals surface area contributed by atoms with Crippen LogP contribution in [-0.2, 0) is 11.3 Å². The number of halogens is 1. The average molecular weight is 278 g/mol. The van der Waals surface area contributed by atoms with Crippen LogP contribution in [0, 0.1) is 12.7 Å². The van der Waals surface area contributed by atoms with E-state index in [4.69, 9.17) is 0 Å². The Bertz CT molecular complexity index is 595. The van der Waals surface area contributed by atoms with Gasteiger partial charge in [0.2, 0.25) is 5.91 Å². The molecule has 0 aliphatic heterocycles. The Balaban J connectivity index is 2.06. The predicted molar refractivity (Wildman–Crippen MR) is 77.1 cm³/mol. The van der Waals surface area contributed by atoms with E-state index in [1.54, 1.807) is 17.4 Å². The van der Waals surface area contributed by atoms with Crippen LogP contribution in [0.15, 0.2) is 29.6 Å². The Morgan fingerprint density at radius 1 is 1.32 bits per heavy atom. The van der Waals surface area contributed by atoms with Gasteiger partial charge in [0, 0.05) is 17.5 Å². The highest BCUT2D eigenvalue weighted by Gasteiger charge is 2.06. The molecule has 19 heavy (non-hydrogen) atoms. The van der Waals surface area contributed by atoms with Crippen molar-refractivity contribution in [2.75, 3.05) is 10.6 Å². The van der Waals surface area contributed by atoms with Crippen molar-refractivity contribution in [3.8, 4) is 0 Å². The molecule has 5 heteroatoms. The number of carbonyl (C=O) groups excluding carboxylic acids is 1. The Kier molecular flexibility index (Phi) is 4.16. The van der Waals surface area contributed by atoms with Gasteiger partial charge in [-0.3, -0.25) is 4.79 Å². The monoisotopic (exact) mass is 278 g/mol. The lowest BCUT2D eigenvalue weighted by molar-refractivity contribution is -0.114. The molecule has 1 aromatic heterocycles. The number of benzene rings is 1. The number of hydrogen-bond donors (Lipinski definition) is 2. The minimum Gasteiger partial charge on any atom is -0.380 e. The Morgan fingerprint density at radius 3 is 2.79 bits per heavy atom. The molecule has 0 spiro atoms. The quantitative estimate of drug-likeness (QED) is 0.894. The molecule has 0 aliphatic rings. The van der Waals surface area contributed by atoms with Crippen LogP contribution in [0.4, 0.5) is 15.8 Å². The second kappa shape index (κ2) is 5.84. The number of anilines is 2.